The first-order chi connectivity index (χ1) is 15.8. The third-order valence-electron chi connectivity index (χ3n) is 4.30. The largest absolute Gasteiger partial charge is 0.481 e. The molecule has 1 aliphatic heterocycles. The average Bonchev–Trinajstić information content (AvgIpc) is 3.24. The van der Waals surface area contributed by atoms with Crippen molar-refractivity contribution in [3.8, 4) is 0 Å². The number of carboxylic acid groups (broad SMARTS) is 1. The minimum atomic E-state index is -5.25. The Bertz CT molecular complexity index is 1200. The number of nitrogens with one attached hydrogen (secondary N) is 2. The van der Waals surface area contributed by atoms with Crippen molar-refractivity contribution in [1.29, 1.82) is 0 Å². The lowest BCUT2D eigenvalue weighted by molar-refractivity contribution is -0.0504. The van der Waals surface area contributed by atoms with Gasteiger partial charge in [-0.05, 0) is 0 Å². The van der Waals surface area contributed by atoms with E-state index in [1.54, 1.807) is 0 Å². The normalized spacial score (nSPS) is 26.2. The fraction of sp³-hybridized carbons (Fsp3) is 0.538. The topological polar surface area (TPSA) is 291 Å². The van der Waals surface area contributed by atoms with E-state index in [1.807, 2.05) is 5.32 Å². The highest BCUT2D eigenvalue weighted by atomic mass is 31.3. The number of phosphoric acid groups is 2. The molecule has 0 radical (unpaired) electrons. The lowest BCUT2D eigenvalue weighted by Gasteiger charge is -2.19. The fourth-order valence-corrected chi connectivity index (χ4v) is 4.97. The number of amides is 1. The molecule has 21 heteroatoms. The number of anilines is 1. The van der Waals surface area contributed by atoms with Gasteiger partial charge in [0.15, 0.2) is 17.4 Å². The summed E-state index contributed by atoms with van der Waals surface area (Å²) >= 11 is 0. The molecule has 0 saturated carbocycles. The minimum absolute atomic E-state index is 0.0778. The van der Waals surface area contributed by atoms with Gasteiger partial charge in [0, 0.05) is 6.54 Å². The predicted octanol–water partition coefficient (Wildman–Crippen LogP) is -2.16. The van der Waals surface area contributed by atoms with E-state index in [4.69, 9.17) is 15.6 Å². The lowest BCUT2D eigenvalue weighted by Crippen LogP contribution is -2.33. The first kappa shape index (κ1) is 26.2. The zero-order chi connectivity index (χ0) is 25.3. The van der Waals surface area contributed by atoms with Crippen LogP contribution in [-0.2, 0) is 27.2 Å². The number of H-pyrrole nitrogens is 1. The molecular weight excluding hydrogens is 510 g/mol. The van der Waals surface area contributed by atoms with Crippen molar-refractivity contribution in [2.24, 2.45) is 0 Å². The summed E-state index contributed by atoms with van der Waals surface area (Å²) in [5.41, 5.74) is 4.62. The first-order valence-corrected chi connectivity index (χ1v) is 12.2. The molecule has 1 aliphatic rings. The van der Waals surface area contributed by atoms with E-state index in [1.165, 1.54) is 0 Å². The van der Waals surface area contributed by atoms with E-state index >= 15 is 0 Å². The summed E-state index contributed by atoms with van der Waals surface area (Å²) in [6.45, 7) is -1.99. The summed E-state index contributed by atoms with van der Waals surface area (Å²) in [5, 5.41) is 30.8. The zero-order valence-corrected chi connectivity index (χ0v) is 18.6. The first-order valence-electron chi connectivity index (χ1n) is 9.16. The van der Waals surface area contributed by atoms with E-state index in [9.17, 15) is 38.7 Å². The van der Waals surface area contributed by atoms with Crippen LogP contribution in [0.5, 0.6) is 0 Å². The van der Waals surface area contributed by atoms with E-state index in [-0.39, 0.29) is 17.1 Å². The Hall–Kier alpha value is -2.44. The summed E-state index contributed by atoms with van der Waals surface area (Å²) in [5.74, 6) is -0.250. The smallest absolute Gasteiger partial charge is 0.465 e. The van der Waals surface area contributed by atoms with Gasteiger partial charge < -0.3 is 40.9 Å². The molecule has 0 bridgehead atoms. The minimum Gasteiger partial charge on any atom is -0.465 e. The highest BCUT2D eigenvalue weighted by molar-refractivity contribution is 7.61. The summed E-state index contributed by atoms with van der Waals surface area (Å²) in [7, 11) is -10.4. The number of aromatic amines is 1. The van der Waals surface area contributed by atoms with Crippen LogP contribution >= 0.6 is 15.6 Å². The van der Waals surface area contributed by atoms with Crippen LogP contribution in [0.4, 0.5) is 10.7 Å². The molecule has 1 amide bonds. The quantitative estimate of drug-likeness (QED) is 0.120. The van der Waals surface area contributed by atoms with Crippen molar-refractivity contribution in [3.05, 3.63) is 16.7 Å². The van der Waals surface area contributed by atoms with Crippen molar-refractivity contribution >= 4 is 38.9 Å². The second-order valence-corrected chi connectivity index (χ2v) is 9.75. The molecule has 0 spiro atoms. The molecule has 6 atom stereocenters. The predicted molar refractivity (Wildman–Crippen MR) is 107 cm³/mol. The van der Waals surface area contributed by atoms with Gasteiger partial charge in [0.05, 0.1) is 19.5 Å². The Morgan fingerprint density at radius 3 is 2.62 bits per heavy atom. The van der Waals surface area contributed by atoms with Gasteiger partial charge in [-0.25, -0.2) is 18.9 Å². The van der Waals surface area contributed by atoms with E-state index in [2.05, 4.69) is 28.3 Å². The molecule has 1 saturated heterocycles. The number of aliphatic hydroxyl groups excluding tert-OH is 2. The van der Waals surface area contributed by atoms with Gasteiger partial charge in [-0.15, -0.1) is 0 Å². The average molecular weight is 530 g/mol. The Labute approximate surface area is 188 Å². The highest BCUT2D eigenvalue weighted by Gasteiger charge is 2.46. The van der Waals surface area contributed by atoms with Crippen LogP contribution in [-0.4, -0.2) is 88.8 Å². The van der Waals surface area contributed by atoms with E-state index < -0.39 is 71.6 Å². The Kier molecular flexibility index (Phi) is 7.73. The van der Waals surface area contributed by atoms with Crippen molar-refractivity contribution in [1.82, 2.24) is 24.8 Å². The maximum atomic E-state index is 12.0. The number of hydrogen-bond acceptors (Lipinski definition) is 13. The van der Waals surface area contributed by atoms with Crippen LogP contribution in [0.15, 0.2) is 11.1 Å². The Balaban J connectivity index is 1.62. The third kappa shape index (κ3) is 6.16. The maximum absolute atomic E-state index is 12.0. The molecule has 1 fully saturated rings. The SMILES string of the molecule is Nc1nc2c(ncn2[C@@H]2O[C@H](COP(=O)(O)OP(=O)(O)OCCNC(=O)O)[C@@H](O)[C@H]2O)c(=O)[nH]1. The molecule has 3 rings (SSSR count). The van der Waals surface area contributed by atoms with Gasteiger partial charge in [0.2, 0.25) is 5.95 Å². The molecule has 190 valence electrons. The molecule has 2 unspecified atom stereocenters. The Morgan fingerprint density at radius 1 is 1.26 bits per heavy atom. The van der Waals surface area contributed by atoms with Crippen LogP contribution in [0.1, 0.15) is 6.23 Å². The van der Waals surface area contributed by atoms with Crippen LogP contribution < -0.4 is 16.6 Å². The molecule has 34 heavy (non-hydrogen) atoms. The van der Waals surface area contributed by atoms with E-state index in [0.717, 1.165) is 10.9 Å². The number of phosphoric ester groups is 2. The molecule has 19 nitrogen and oxygen atoms in total. The van der Waals surface area contributed by atoms with Crippen LogP contribution in [0.25, 0.3) is 11.2 Å². The van der Waals surface area contributed by atoms with Crippen molar-refractivity contribution in [3.63, 3.8) is 0 Å². The van der Waals surface area contributed by atoms with Gasteiger partial charge in [-0.1, -0.05) is 0 Å². The second kappa shape index (κ2) is 10.0. The summed E-state index contributed by atoms with van der Waals surface area (Å²) in [6.07, 6.45) is -6.47. The van der Waals surface area contributed by atoms with Gasteiger partial charge in [0.25, 0.3) is 5.56 Å². The van der Waals surface area contributed by atoms with Crippen molar-refractivity contribution < 1.29 is 57.1 Å². The third-order valence-corrected chi connectivity index (χ3v) is 6.94. The number of nitrogens with zero attached hydrogens (tertiary/aromatic N) is 3. The molecule has 0 aliphatic carbocycles. The molecular formula is C13H20N6O13P2. The molecule has 2 aromatic rings. The fourth-order valence-electron chi connectivity index (χ4n) is 2.89. The second-order valence-electron chi connectivity index (χ2n) is 6.70. The number of aromatic nitrogens is 4. The number of nitrogens with two attached hydrogens (primary N) is 1. The van der Waals surface area contributed by atoms with Gasteiger partial charge in [0.1, 0.15) is 18.3 Å². The number of imidazole rings is 1. The monoisotopic (exact) mass is 530 g/mol. The standard InChI is InChI=1S/C13H20N6O13P2/c14-12-17-9-6(10(22)18-12)16-4-19(9)11-8(21)7(20)5(31-11)3-30-34(27,28)32-33(25,26)29-2-1-15-13(23)24/h4-5,7-8,11,15,20-21H,1-3H2,(H,23,24)(H,25,26)(H,27,28)(H3,14,17,18,22)/t5-,7-,8-,11-/m1/s1. The summed E-state index contributed by atoms with van der Waals surface area (Å²) < 4.78 is 43.2. The Morgan fingerprint density at radius 2 is 1.94 bits per heavy atom. The maximum Gasteiger partial charge on any atom is 0.481 e. The number of rotatable bonds is 10. The highest BCUT2D eigenvalue weighted by Crippen LogP contribution is 2.60. The number of ether oxygens (including phenoxy) is 1. The number of hydrogen-bond donors (Lipinski definition) is 8. The number of carbonyl (C=O) groups is 1. The molecule has 3 heterocycles. The molecule has 0 aromatic carbocycles. The number of nitrogen functional groups attached to an aromatic ring is 1. The van der Waals surface area contributed by atoms with Gasteiger partial charge in [-0.3, -0.25) is 23.4 Å². The van der Waals surface area contributed by atoms with Gasteiger partial charge >= 0.3 is 21.7 Å². The van der Waals surface area contributed by atoms with Crippen LogP contribution in [0, 0.1) is 0 Å². The van der Waals surface area contributed by atoms with Crippen molar-refractivity contribution in [2.75, 3.05) is 25.5 Å². The van der Waals surface area contributed by atoms with Crippen LogP contribution in [0.3, 0.4) is 0 Å². The van der Waals surface area contributed by atoms with Crippen molar-refractivity contribution in [2.45, 2.75) is 24.5 Å². The number of aliphatic hydroxyl groups is 2. The van der Waals surface area contributed by atoms with Crippen LogP contribution in [0.2, 0.25) is 0 Å². The lowest BCUT2D eigenvalue weighted by atomic mass is 10.1. The summed E-state index contributed by atoms with van der Waals surface area (Å²) in [6, 6.07) is 0. The number of fused-ring (bicyclic) bond motifs is 1. The van der Waals surface area contributed by atoms with Gasteiger partial charge in [-0.2, -0.15) is 9.29 Å². The van der Waals surface area contributed by atoms with E-state index in [0.29, 0.717) is 0 Å². The summed E-state index contributed by atoms with van der Waals surface area (Å²) in [4.78, 5) is 51.3. The molecule has 9 N–H and O–H groups in total. The molecule has 2 aromatic heterocycles. The zero-order valence-electron chi connectivity index (χ0n) is 16.8.